The fraction of sp³-hybridized carbons (Fsp3) is 0.133. The average molecular weight is 255 g/mol. The Balaban J connectivity index is 2.32. The van der Waals surface area contributed by atoms with E-state index >= 15 is 0 Å². The van der Waals surface area contributed by atoms with Crippen molar-refractivity contribution in [3.05, 3.63) is 54.1 Å². The molecule has 0 saturated heterocycles. The molecule has 0 unspecified atom stereocenters. The van der Waals surface area contributed by atoms with Crippen LogP contribution in [0.25, 0.3) is 0 Å². The van der Waals surface area contributed by atoms with Gasteiger partial charge in [-0.3, -0.25) is 4.79 Å². The van der Waals surface area contributed by atoms with Gasteiger partial charge in [0.2, 0.25) is 0 Å². The molecule has 98 valence electrons. The Morgan fingerprint density at radius 3 is 2.58 bits per heavy atom. The van der Waals surface area contributed by atoms with Gasteiger partial charge in [0.15, 0.2) is 0 Å². The van der Waals surface area contributed by atoms with Gasteiger partial charge in [0.1, 0.15) is 0 Å². The minimum Gasteiger partial charge on any atom is -0.399 e. The van der Waals surface area contributed by atoms with Crippen LogP contribution in [0.3, 0.4) is 0 Å². The summed E-state index contributed by atoms with van der Waals surface area (Å²) in [4.78, 5) is 12.0. The molecule has 4 heteroatoms. The van der Waals surface area contributed by atoms with Crippen LogP contribution in [0.5, 0.6) is 0 Å². The van der Waals surface area contributed by atoms with E-state index in [2.05, 4.69) is 10.6 Å². The quantitative estimate of drug-likeness (QED) is 0.736. The van der Waals surface area contributed by atoms with Gasteiger partial charge in [-0.2, -0.15) is 0 Å². The Bertz CT molecular complexity index is 567. The van der Waals surface area contributed by atoms with E-state index in [0.29, 0.717) is 17.8 Å². The molecule has 2 rings (SSSR count). The van der Waals surface area contributed by atoms with Crippen molar-refractivity contribution < 1.29 is 4.79 Å². The van der Waals surface area contributed by atoms with Gasteiger partial charge in [0.25, 0.3) is 5.91 Å². The summed E-state index contributed by atoms with van der Waals surface area (Å²) < 4.78 is 0. The standard InChI is InChI=1S/C15H17N3O/c1-2-17-15(19)13-10-11(16)8-9-14(13)18-12-6-4-3-5-7-12/h3-10,18H,2,16H2,1H3,(H,17,19). The zero-order valence-corrected chi connectivity index (χ0v) is 10.8. The van der Waals surface area contributed by atoms with Crippen LogP contribution in [0.1, 0.15) is 17.3 Å². The number of amides is 1. The summed E-state index contributed by atoms with van der Waals surface area (Å²) in [5.41, 5.74) is 8.53. The van der Waals surface area contributed by atoms with Crippen molar-refractivity contribution in [1.29, 1.82) is 0 Å². The molecule has 19 heavy (non-hydrogen) atoms. The minimum atomic E-state index is -0.131. The maximum atomic E-state index is 12.0. The van der Waals surface area contributed by atoms with Gasteiger partial charge in [-0.15, -0.1) is 0 Å². The number of nitrogen functional groups attached to an aromatic ring is 1. The van der Waals surface area contributed by atoms with Crippen LogP contribution < -0.4 is 16.4 Å². The Kier molecular flexibility index (Phi) is 4.03. The molecule has 0 bridgehead atoms. The smallest absolute Gasteiger partial charge is 0.253 e. The number of carbonyl (C=O) groups excluding carboxylic acids is 1. The van der Waals surface area contributed by atoms with Crippen LogP contribution in [-0.4, -0.2) is 12.5 Å². The van der Waals surface area contributed by atoms with Crippen molar-refractivity contribution in [3.8, 4) is 0 Å². The van der Waals surface area contributed by atoms with Gasteiger partial charge in [-0.25, -0.2) is 0 Å². The first-order valence-corrected chi connectivity index (χ1v) is 6.20. The predicted molar refractivity (Wildman–Crippen MR) is 78.6 cm³/mol. The highest BCUT2D eigenvalue weighted by atomic mass is 16.1. The van der Waals surface area contributed by atoms with E-state index in [-0.39, 0.29) is 5.91 Å². The van der Waals surface area contributed by atoms with Crippen molar-refractivity contribution in [2.45, 2.75) is 6.92 Å². The lowest BCUT2D eigenvalue weighted by Gasteiger charge is -2.12. The molecule has 0 aliphatic heterocycles. The SMILES string of the molecule is CCNC(=O)c1cc(N)ccc1Nc1ccccc1. The number of nitrogens with two attached hydrogens (primary N) is 1. The highest BCUT2D eigenvalue weighted by Gasteiger charge is 2.11. The normalized spacial score (nSPS) is 9.95. The van der Waals surface area contributed by atoms with Gasteiger partial charge in [0, 0.05) is 17.9 Å². The molecule has 4 N–H and O–H groups in total. The molecule has 0 saturated carbocycles. The number of para-hydroxylation sites is 1. The maximum absolute atomic E-state index is 12.0. The van der Waals surface area contributed by atoms with Crippen LogP contribution in [-0.2, 0) is 0 Å². The average Bonchev–Trinajstić information content (AvgIpc) is 2.42. The fourth-order valence-electron chi connectivity index (χ4n) is 1.79. The lowest BCUT2D eigenvalue weighted by molar-refractivity contribution is 0.0956. The summed E-state index contributed by atoms with van der Waals surface area (Å²) in [7, 11) is 0. The third-order valence-electron chi connectivity index (χ3n) is 2.68. The first-order valence-electron chi connectivity index (χ1n) is 6.20. The summed E-state index contributed by atoms with van der Waals surface area (Å²) in [6.45, 7) is 2.47. The summed E-state index contributed by atoms with van der Waals surface area (Å²) in [6.07, 6.45) is 0. The molecule has 2 aromatic rings. The lowest BCUT2D eigenvalue weighted by atomic mass is 10.1. The van der Waals surface area contributed by atoms with Crippen molar-refractivity contribution in [2.75, 3.05) is 17.6 Å². The molecular weight excluding hydrogens is 238 g/mol. The summed E-state index contributed by atoms with van der Waals surface area (Å²) >= 11 is 0. The van der Waals surface area contributed by atoms with Crippen molar-refractivity contribution in [1.82, 2.24) is 5.32 Å². The molecule has 0 aliphatic rings. The Morgan fingerprint density at radius 1 is 1.16 bits per heavy atom. The molecule has 0 radical (unpaired) electrons. The van der Waals surface area contributed by atoms with Crippen LogP contribution in [0.4, 0.5) is 17.1 Å². The van der Waals surface area contributed by atoms with Crippen molar-refractivity contribution >= 4 is 23.0 Å². The molecule has 0 fully saturated rings. The fourth-order valence-corrected chi connectivity index (χ4v) is 1.79. The van der Waals surface area contributed by atoms with Crippen LogP contribution in [0.2, 0.25) is 0 Å². The van der Waals surface area contributed by atoms with E-state index in [1.54, 1.807) is 12.1 Å². The molecule has 4 nitrogen and oxygen atoms in total. The van der Waals surface area contributed by atoms with Gasteiger partial charge >= 0.3 is 0 Å². The minimum absolute atomic E-state index is 0.131. The zero-order valence-electron chi connectivity index (χ0n) is 10.8. The van der Waals surface area contributed by atoms with Gasteiger partial charge in [0.05, 0.1) is 11.3 Å². The van der Waals surface area contributed by atoms with Crippen LogP contribution in [0, 0.1) is 0 Å². The van der Waals surface area contributed by atoms with E-state index < -0.39 is 0 Å². The van der Waals surface area contributed by atoms with E-state index in [1.165, 1.54) is 0 Å². The van der Waals surface area contributed by atoms with Gasteiger partial charge in [-0.1, -0.05) is 18.2 Å². The number of hydrogen-bond acceptors (Lipinski definition) is 3. The van der Waals surface area contributed by atoms with Gasteiger partial charge < -0.3 is 16.4 Å². The highest BCUT2D eigenvalue weighted by molar-refractivity contribution is 6.01. The highest BCUT2D eigenvalue weighted by Crippen LogP contribution is 2.23. The third-order valence-corrected chi connectivity index (χ3v) is 2.68. The van der Waals surface area contributed by atoms with Crippen LogP contribution in [0.15, 0.2) is 48.5 Å². The molecule has 0 atom stereocenters. The van der Waals surface area contributed by atoms with Gasteiger partial charge in [-0.05, 0) is 37.3 Å². The van der Waals surface area contributed by atoms with E-state index in [9.17, 15) is 4.79 Å². The first-order chi connectivity index (χ1) is 9.20. The topological polar surface area (TPSA) is 67.2 Å². The lowest BCUT2D eigenvalue weighted by Crippen LogP contribution is -2.23. The van der Waals surface area contributed by atoms with Crippen molar-refractivity contribution in [2.24, 2.45) is 0 Å². The van der Waals surface area contributed by atoms with Crippen molar-refractivity contribution in [3.63, 3.8) is 0 Å². The third kappa shape index (κ3) is 3.25. The summed E-state index contributed by atoms with van der Waals surface area (Å²) in [6, 6.07) is 15.0. The second-order valence-electron chi connectivity index (χ2n) is 4.16. The molecule has 0 heterocycles. The monoisotopic (exact) mass is 255 g/mol. The molecule has 1 amide bonds. The van der Waals surface area contributed by atoms with Crippen LogP contribution >= 0.6 is 0 Å². The number of nitrogens with one attached hydrogen (secondary N) is 2. The molecular formula is C15H17N3O. The first kappa shape index (κ1) is 13.0. The number of hydrogen-bond donors (Lipinski definition) is 3. The maximum Gasteiger partial charge on any atom is 0.253 e. The van der Waals surface area contributed by atoms with E-state index in [4.69, 9.17) is 5.73 Å². The number of anilines is 3. The largest absolute Gasteiger partial charge is 0.399 e. The molecule has 0 aliphatic carbocycles. The number of rotatable bonds is 4. The number of benzene rings is 2. The summed E-state index contributed by atoms with van der Waals surface area (Å²) in [5.74, 6) is -0.131. The summed E-state index contributed by atoms with van der Waals surface area (Å²) in [5, 5.41) is 6.00. The number of carbonyl (C=O) groups is 1. The van der Waals surface area contributed by atoms with E-state index in [0.717, 1.165) is 11.4 Å². The Labute approximate surface area is 112 Å². The molecule has 0 aromatic heterocycles. The zero-order chi connectivity index (χ0) is 13.7. The second-order valence-corrected chi connectivity index (χ2v) is 4.16. The Morgan fingerprint density at radius 2 is 1.89 bits per heavy atom. The predicted octanol–water partition coefficient (Wildman–Crippen LogP) is 2.76. The van der Waals surface area contributed by atoms with E-state index in [1.807, 2.05) is 43.3 Å². The Hall–Kier alpha value is -2.49. The second kappa shape index (κ2) is 5.91. The molecule has 2 aromatic carbocycles. The molecule has 0 spiro atoms.